The molecule has 1 heterocycles. The Morgan fingerprint density at radius 2 is 2.00 bits per heavy atom. The number of carbonyl (C=O) groups excluding carboxylic acids is 2. The number of rotatable bonds is 3. The molecule has 2 rings (SSSR count). The second kappa shape index (κ2) is 6.79. The highest BCUT2D eigenvalue weighted by atomic mass is 35.5. The van der Waals surface area contributed by atoms with Crippen molar-refractivity contribution < 1.29 is 19.1 Å². The monoisotopic (exact) mass is 339 g/mol. The summed E-state index contributed by atoms with van der Waals surface area (Å²) in [5.74, 6) is 0.235. The molecule has 0 radical (unpaired) electrons. The van der Waals surface area contributed by atoms with Crippen LogP contribution in [-0.2, 0) is 4.74 Å². The van der Waals surface area contributed by atoms with Crippen molar-refractivity contribution in [3.05, 3.63) is 28.8 Å². The van der Waals surface area contributed by atoms with Crippen molar-refractivity contribution in [3.63, 3.8) is 0 Å². The Balaban J connectivity index is 2.04. The SMILES string of the molecule is COc1cc(C(=O)C2CCN(C(=O)OC(C)(C)C)C2)ccc1Cl. The Bertz CT molecular complexity index is 609. The number of halogens is 1. The van der Waals surface area contributed by atoms with Crippen LogP contribution >= 0.6 is 11.6 Å². The number of amides is 1. The van der Waals surface area contributed by atoms with Crippen LogP contribution in [0.4, 0.5) is 4.79 Å². The maximum Gasteiger partial charge on any atom is 0.410 e. The Kier molecular flexibility index (Phi) is 5.19. The van der Waals surface area contributed by atoms with Crippen molar-refractivity contribution in [3.8, 4) is 5.75 Å². The summed E-state index contributed by atoms with van der Waals surface area (Å²) in [7, 11) is 1.51. The smallest absolute Gasteiger partial charge is 0.410 e. The number of methoxy groups -OCH3 is 1. The van der Waals surface area contributed by atoms with Gasteiger partial charge in [-0.3, -0.25) is 4.79 Å². The van der Waals surface area contributed by atoms with Crippen LogP contribution in [0.2, 0.25) is 5.02 Å². The molecule has 126 valence electrons. The summed E-state index contributed by atoms with van der Waals surface area (Å²) in [6.07, 6.45) is 0.254. The molecule has 1 saturated heterocycles. The van der Waals surface area contributed by atoms with E-state index in [9.17, 15) is 9.59 Å². The largest absolute Gasteiger partial charge is 0.495 e. The second-order valence-electron chi connectivity index (χ2n) is 6.63. The predicted octanol–water partition coefficient (Wildman–Crippen LogP) is 3.79. The molecule has 5 nitrogen and oxygen atoms in total. The molecule has 0 saturated carbocycles. The Hall–Kier alpha value is -1.75. The number of hydrogen-bond acceptors (Lipinski definition) is 4. The highest BCUT2D eigenvalue weighted by Crippen LogP contribution is 2.28. The van der Waals surface area contributed by atoms with E-state index in [0.717, 1.165) is 0 Å². The third kappa shape index (κ3) is 4.38. The van der Waals surface area contributed by atoms with E-state index < -0.39 is 5.60 Å². The van der Waals surface area contributed by atoms with Crippen molar-refractivity contribution >= 4 is 23.5 Å². The lowest BCUT2D eigenvalue weighted by Crippen LogP contribution is -2.35. The molecule has 1 fully saturated rings. The van der Waals surface area contributed by atoms with Gasteiger partial charge in [0.05, 0.1) is 12.1 Å². The summed E-state index contributed by atoms with van der Waals surface area (Å²) >= 11 is 5.98. The number of carbonyl (C=O) groups is 2. The van der Waals surface area contributed by atoms with E-state index in [0.29, 0.717) is 35.8 Å². The molecule has 1 atom stereocenters. The van der Waals surface area contributed by atoms with Gasteiger partial charge in [0.2, 0.25) is 0 Å². The van der Waals surface area contributed by atoms with Gasteiger partial charge < -0.3 is 14.4 Å². The summed E-state index contributed by atoms with van der Waals surface area (Å²) in [5.41, 5.74) is 0.00482. The van der Waals surface area contributed by atoms with Crippen LogP contribution in [0.3, 0.4) is 0 Å². The van der Waals surface area contributed by atoms with E-state index >= 15 is 0 Å². The van der Waals surface area contributed by atoms with Gasteiger partial charge in [-0.25, -0.2) is 4.79 Å². The number of nitrogens with zero attached hydrogens (tertiary/aromatic N) is 1. The minimum atomic E-state index is -0.539. The fourth-order valence-electron chi connectivity index (χ4n) is 2.52. The van der Waals surface area contributed by atoms with Crippen LogP contribution < -0.4 is 4.74 Å². The molecule has 0 bridgehead atoms. The maximum absolute atomic E-state index is 12.6. The highest BCUT2D eigenvalue weighted by molar-refractivity contribution is 6.32. The van der Waals surface area contributed by atoms with Gasteiger partial charge in [0.15, 0.2) is 5.78 Å². The third-order valence-electron chi connectivity index (χ3n) is 3.65. The average molecular weight is 340 g/mol. The topological polar surface area (TPSA) is 55.8 Å². The van der Waals surface area contributed by atoms with Gasteiger partial charge in [-0.2, -0.15) is 0 Å². The van der Waals surface area contributed by atoms with Gasteiger partial charge in [0.1, 0.15) is 11.4 Å². The molecule has 1 aromatic rings. The number of ketones is 1. The molecular weight excluding hydrogens is 318 g/mol. The molecule has 0 aromatic heterocycles. The molecule has 6 heteroatoms. The van der Waals surface area contributed by atoms with E-state index in [1.807, 2.05) is 20.8 Å². The first-order valence-electron chi connectivity index (χ1n) is 7.57. The molecule has 1 amide bonds. The van der Waals surface area contributed by atoms with Crippen molar-refractivity contribution in [2.75, 3.05) is 20.2 Å². The van der Waals surface area contributed by atoms with Crippen molar-refractivity contribution in [1.82, 2.24) is 4.90 Å². The molecule has 1 aliphatic heterocycles. The lowest BCUT2D eigenvalue weighted by Gasteiger charge is -2.24. The average Bonchev–Trinajstić information content (AvgIpc) is 2.95. The normalized spacial score (nSPS) is 18.0. The number of likely N-dealkylation sites (tertiary alicyclic amines) is 1. The summed E-state index contributed by atoms with van der Waals surface area (Å²) < 4.78 is 10.5. The standard InChI is InChI=1S/C17H22ClNO4/c1-17(2,3)23-16(21)19-8-7-12(10-19)15(20)11-5-6-13(18)14(9-11)22-4/h5-6,9,12H,7-8,10H2,1-4H3. The van der Waals surface area contributed by atoms with E-state index in [2.05, 4.69) is 0 Å². The molecule has 1 aliphatic rings. The molecular formula is C17H22ClNO4. The summed E-state index contributed by atoms with van der Waals surface area (Å²) in [5, 5.41) is 0.464. The van der Waals surface area contributed by atoms with Crippen molar-refractivity contribution in [1.29, 1.82) is 0 Å². The number of benzene rings is 1. The maximum atomic E-state index is 12.6. The predicted molar refractivity (Wildman–Crippen MR) is 88.2 cm³/mol. The third-order valence-corrected chi connectivity index (χ3v) is 3.96. The molecule has 0 spiro atoms. The van der Waals surface area contributed by atoms with Crippen LogP contribution in [0.25, 0.3) is 0 Å². The van der Waals surface area contributed by atoms with Gasteiger partial charge >= 0.3 is 6.09 Å². The minimum absolute atomic E-state index is 0.00831. The van der Waals surface area contributed by atoms with Gasteiger partial charge in [0.25, 0.3) is 0 Å². The first-order chi connectivity index (χ1) is 10.7. The Morgan fingerprint density at radius 1 is 1.30 bits per heavy atom. The molecule has 1 aromatic carbocycles. The highest BCUT2D eigenvalue weighted by Gasteiger charge is 2.33. The zero-order chi connectivity index (χ0) is 17.2. The van der Waals surface area contributed by atoms with Crippen LogP contribution in [-0.4, -0.2) is 42.6 Å². The van der Waals surface area contributed by atoms with E-state index in [1.165, 1.54) is 7.11 Å². The number of Topliss-reactive ketones (excluding diaryl/α,β-unsaturated/α-hetero) is 1. The Morgan fingerprint density at radius 3 is 2.61 bits per heavy atom. The van der Waals surface area contributed by atoms with Crippen LogP contribution in [0.1, 0.15) is 37.6 Å². The fourth-order valence-corrected chi connectivity index (χ4v) is 2.71. The summed E-state index contributed by atoms with van der Waals surface area (Å²) in [6.45, 7) is 6.37. The first kappa shape index (κ1) is 17.6. The lowest BCUT2D eigenvalue weighted by atomic mass is 9.97. The molecule has 1 unspecified atom stereocenters. The van der Waals surface area contributed by atoms with E-state index in [-0.39, 0.29) is 17.8 Å². The number of ether oxygens (including phenoxy) is 2. The van der Waals surface area contributed by atoms with Gasteiger partial charge in [-0.15, -0.1) is 0 Å². The second-order valence-corrected chi connectivity index (χ2v) is 7.03. The lowest BCUT2D eigenvalue weighted by molar-refractivity contribution is 0.0289. The van der Waals surface area contributed by atoms with E-state index in [1.54, 1.807) is 23.1 Å². The molecule has 0 aliphatic carbocycles. The summed E-state index contributed by atoms with van der Waals surface area (Å²) in [4.78, 5) is 26.3. The summed E-state index contributed by atoms with van der Waals surface area (Å²) in [6, 6.07) is 4.97. The molecule has 0 N–H and O–H groups in total. The van der Waals surface area contributed by atoms with Crippen LogP contribution in [0.5, 0.6) is 5.75 Å². The molecule has 23 heavy (non-hydrogen) atoms. The van der Waals surface area contributed by atoms with Crippen LogP contribution in [0.15, 0.2) is 18.2 Å². The van der Waals surface area contributed by atoms with Crippen molar-refractivity contribution in [2.24, 2.45) is 5.92 Å². The first-order valence-corrected chi connectivity index (χ1v) is 7.95. The zero-order valence-electron chi connectivity index (χ0n) is 13.9. The zero-order valence-corrected chi connectivity index (χ0v) is 14.6. The van der Waals surface area contributed by atoms with Gasteiger partial charge in [-0.05, 0) is 45.4 Å². The van der Waals surface area contributed by atoms with Crippen LogP contribution in [0, 0.1) is 5.92 Å². The fraction of sp³-hybridized carbons (Fsp3) is 0.529. The van der Waals surface area contributed by atoms with E-state index in [4.69, 9.17) is 21.1 Å². The quantitative estimate of drug-likeness (QED) is 0.786. The minimum Gasteiger partial charge on any atom is -0.495 e. The van der Waals surface area contributed by atoms with Gasteiger partial charge in [-0.1, -0.05) is 11.6 Å². The number of hydrogen-bond donors (Lipinski definition) is 0. The van der Waals surface area contributed by atoms with Gasteiger partial charge in [0, 0.05) is 24.6 Å². The van der Waals surface area contributed by atoms with Crippen molar-refractivity contribution in [2.45, 2.75) is 32.8 Å². The Labute approximate surface area is 141 Å².